The summed E-state index contributed by atoms with van der Waals surface area (Å²) in [4.78, 5) is 14.2. The van der Waals surface area contributed by atoms with Gasteiger partial charge in [0.05, 0.1) is 0 Å². The van der Waals surface area contributed by atoms with Crippen molar-refractivity contribution in [3.63, 3.8) is 0 Å². The Morgan fingerprint density at radius 2 is 2.42 bits per heavy atom. The van der Waals surface area contributed by atoms with Crippen molar-refractivity contribution in [1.29, 1.82) is 0 Å². The Morgan fingerprint density at radius 3 is 3.17 bits per heavy atom. The highest BCUT2D eigenvalue weighted by atomic mass is 16.1. The summed E-state index contributed by atoms with van der Waals surface area (Å²) in [5, 5.41) is 0. The smallest absolute Gasteiger partial charge is 0.272 e. The van der Waals surface area contributed by atoms with Gasteiger partial charge in [0.15, 0.2) is 0 Å². The average Bonchev–Trinajstić information content (AvgIpc) is 2.52. The number of aryl methyl sites for hydroxylation is 1. The molecule has 1 N–H and O–H groups in total. The molecule has 0 amide bonds. The third kappa shape index (κ3) is 0.942. The Hall–Kier alpha value is -1.51. The molecule has 0 aliphatic carbocycles. The maximum atomic E-state index is 11.3. The summed E-state index contributed by atoms with van der Waals surface area (Å²) in [5.41, 5.74) is 1.65. The molecule has 0 saturated heterocycles. The molecular formula is C9H10N2O. The summed E-state index contributed by atoms with van der Waals surface area (Å²) >= 11 is 0. The fraction of sp³-hybridized carbons (Fsp3) is 0.222. The van der Waals surface area contributed by atoms with Crippen LogP contribution in [0.1, 0.15) is 12.6 Å². The van der Waals surface area contributed by atoms with Crippen molar-refractivity contribution in [2.24, 2.45) is 0 Å². The molecule has 3 heteroatoms. The summed E-state index contributed by atoms with van der Waals surface area (Å²) in [6.45, 7) is 2.01. The Morgan fingerprint density at radius 1 is 1.58 bits per heavy atom. The van der Waals surface area contributed by atoms with E-state index in [-0.39, 0.29) is 5.56 Å². The van der Waals surface area contributed by atoms with Crippen molar-refractivity contribution in [3.8, 4) is 0 Å². The molecule has 0 spiro atoms. The second-order valence-corrected chi connectivity index (χ2v) is 2.76. The summed E-state index contributed by atoms with van der Waals surface area (Å²) in [6.07, 6.45) is 4.67. The van der Waals surface area contributed by atoms with E-state index in [1.54, 1.807) is 6.07 Å². The van der Waals surface area contributed by atoms with Gasteiger partial charge in [0.25, 0.3) is 5.56 Å². The summed E-state index contributed by atoms with van der Waals surface area (Å²) < 4.78 is 1.84. The predicted octanol–water partition coefficient (Wildman–Crippen LogP) is 1.19. The molecule has 62 valence electrons. The number of hydrogen-bond acceptors (Lipinski definition) is 1. The van der Waals surface area contributed by atoms with Crippen LogP contribution in [0.25, 0.3) is 5.52 Å². The van der Waals surface area contributed by atoms with Crippen LogP contribution in [0, 0.1) is 0 Å². The maximum Gasteiger partial charge on any atom is 0.272 e. The van der Waals surface area contributed by atoms with E-state index in [1.807, 2.05) is 29.8 Å². The van der Waals surface area contributed by atoms with E-state index in [2.05, 4.69) is 4.98 Å². The fourth-order valence-corrected chi connectivity index (χ4v) is 1.29. The van der Waals surface area contributed by atoms with Gasteiger partial charge < -0.3 is 9.38 Å². The van der Waals surface area contributed by atoms with Gasteiger partial charge in [-0.15, -0.1) is 0 Å². The molecule has 0 aliphatic heterocycles. The Bertz CT molecular complexity index is 453. The van der Waals surface area contributed by atoms with Gasteiger partial charge in [-0.25, -0.2) is 0 Å². The van der Waals surface area contributed by atoms with E-state index in [0.29, 0.717) is 5.52 Å². The molecule has 0 bridgehead atoms. The van der Waals surface area contributed by atoms with Crippen LogP contribution in [0.4, 0.5) is 0 Å². The van der Waals surface area contributed by atoms with Crippen molar-refractivity contribution >= 4 is 5.52 Å². The average molecular weight is 162 g/mol. The number of aromatic amines is 1. The van der Waals surface area contributed by atoms with Gasteiger partial charge in [-0.1, -0.05) is 6.92 Å². The predicted molar refractivity (Wildman–Crippen MR) is 47.4 cm³/mol. The highest BCUT2D eigenvalue weighted by Crippen LogP contribution is 1.99. The standard InChI is InChI=1S/C9H10N2O/c1-2-7-6-11-5-3-4-8(11)9(12)10-7/h3-6H,2H2,1H3,(H,10,12). The first-order valence-corrected chi connectivity index (χ1v) is 4.00. The van der Waals surface area contributed by atoms with Crippen LogP contribution < -0.4 is 5.56 Å². The van der Waals surface area contributed by atoms with Gasteiger partial charge in [-0.2, -0.15) is 0 Å². The Kier molecular flexibility index (Phi) is 1.50. The second kappa shape index (κ2) is 2.52. The van der Waals surface area contributed by atoms with Crippen LogP contribution in [-0.2, 0) is 6.42 Å². The number of nitrogens with zero attached hydrogens (tertiary/aromatic N) is 1. The highest BCUT2D eigenvalue weighted by Gasteiger charge is 1.98. The van der Waals surface area contributed by atoms with Gasteiger partial charge >= 0.3 is 0 Å². The molecule has 0 unspecified atom stereocenters. The van der Waals surface area contributed by atoms with E-state index >= 15 is 0 Å². The van der Waals surface area contributed by atoms with Crippen LogP contribution in [0.15, 0.2) is 29.3 Å². The minimum absolute atomic E-state index is 0.0145. The quantitative estimate of drug-likeness (QED) is 0.672. The molecule has 0 saturated carbocycles. The van der Waals surface area contributed by atoms with E-state index in [9.17, 15) is 4.79 Å². The third-order valence-electron chi connectivity index (χ3n) is 1.96. The number of rotatable bonds is 1. The first-order chi connectivity index (χ1) is 5.81. The number of hydrogen-bond donors (Lipinski definition) is 1. The molecule has 2 heterocycles. The molecular weight excluding hydrogens is 152 g/mol. The topological polar surface area (TPSA) is 37.3 Å². The molecule has 12 heavy (non-hydrogen) atoms. The Labute approximate surface area is 69.7 Å². The van der Waals surface area contributed by atoms with Crippen LogP contribution in [0.3, 0.4) is 0 Å². The lowest BCUT2D eigenvalue weighted by Crippen LogP contribution is -2.11. The molecule has 0 aliphatic rings. The normalized spacial score (nSPS) is 10.8. The van der Waals surface area contributed by atoms with Crippen molar-refractivity contribution < 1.29 is 0 Å². The maximum absolute atomic E-state index is 11.3. The molecule has 3 nitrogen and oxygen atoms in total. The van der Waals surface area contributed by atoms with Gasteiger partial charge in [0.1, 0.15) is 5.52 Å². The molecule has 0 aromatic carbocycles. The first-order valence-electron chi connectivity index (χ1n) is 4.00. The van der Waals surface area contributed by atoms with Crippen LogP contribution >= 0.6 is 0 Å². The first kappa shape index (κ1) is 7.16. The molecule has 2 aromatic rings. The SMILES string of the molecule is CCc1cn2cccc2c(=O)[nH]1. The number of fused-ring (bicyclic) bond motifs is 1. The van der Waals surface area contributed by atoms with Crippen molar-refractivity contribution in [2.75, 3.05) is 0 Å². The number of aromatic nitrogens is 2. The van der Waals surface area contributed by atoms with Crippen LogP contribution in [0.5, 0.6) is 0 Å². The minimum Gasteiger partial charge on any atom is -0.323 e. The lowest BCUT2D eigenvalue weighted by Gasteiger charge is -1.98. The molecule has 0 fully saturated rings. The largest absolute Gasteiger partial charge is 0.323 e. The Balaban J connectivity index is 2.84. The van der Waals surface area contributed by atoms with Gasteiger partial charge in [-0.05, 0) is 18.6 Å². The number of nitrogens with one attached hydrogen (secondary N) is 1. The third-order valence-corrected chi connectivity index (χ3v) is 1.96. The zero-order valence-electron chi connectivity index (χ0n) is 6.87. The van der Waals surface area contributed by atoms with Crippen LogP contribution in [0.2, 0.25) is 0 Å². The summed E-state index contributed by atoms with van der Waals surface area (Å²) in [5.74, 6) is 0. The molecule has 2 rings (SSSR count). The second-order valence-electron chi connectivity index (χ2n) is 2.76. The van der Waals surface area contributed by atoms with Crippen LogP contribution in [-0.4, -0.2) is 9.38 Å². The van der Waals surface area contributed by atoms with Gasteiger partial charge in [-0.3, -0.25) is 4.79 Å². The molecule has 0 radical (unpaired) electrons. The minimum atomic E-state index is -0.0145. The zero-order chi connectivity index (χ0) is 8.55. The van der Waals surface area contributed by atoms with Gasteiger partial charge in [0, 0.05) is 18.1 Å². The highest BCUT2D eigenvalue weighted by molar-refractivity contribution is 5.45. The molecule has 2 aromatic heterocycles. The zero-order valence-corrected chi connectivity index (χ0v) is 6.87. The van der Waals surface area contributed by atoms with E-state index in [1.165, 1.54) is 0 Å². The van der Waals surface area contributed by atoms with Crippen molar-refractivity contribution in [3.05, 3.63) is 40.6 Å². The van der Waals surface area contributed by atoms with E-state index < -0.39 is 0 Å². The summed E-state index contributed by atoms with van der Waals surface area (Å²) in [6, 6.07) is 3.67. The monoisotopic (exact) mass is 162 g/mol. The lowest BCUT2D eigenvalue weighted by molar-refractivity contribution is 0.964. The van der Waals surface area contributed by atoms with Crippen molar-refractivity contribution in [2.45, 2.75) is 13.3 Å². The lowest BCUT2D eigenvalue weighted by atomic mass is 10.3. The van der Waals surface area contributed by atoms with Gasteiger partial charge in [0.2, 0.25) is 0 Å². The van der Waals surface area contributed by atoms with E-state index in [0.717, 1.165) is 12.1 Å². The van der Waals surface area contributed by atoms with E-state index in [4.69, 9.17) is 0 Å². The summed E-state index contributed by atoms with van der Waals surface area (Å²) in [7, 11) is 0. The van der Waals surface area contributed by atoms with Crippen molar-refractivity contribution in [1.82, 2.24) is 9.38 Å². The number of H-pyrrole nitrogens is 1. The molecule has 0 atom stereocenters. The fourth-order valence-electron chi connectivity index (χ4n) is 1.29.